The third-order valence-corrected chi connectivity index (χ3v) is 3.25. The van der Waals surface area contributed by atoms with E-state index in [0.29, 0.717) is 0 Å². The van der Waals surface area contributed by atoms with Crippen LogP contribution in [0.1, 0.15) is 45.1 Å². The molecular formula is C18H22N2. The number of aromatic nitrogens is 2. The summed E-state index contributed by atoms with van der Waals surface area (Å²) >= 11 is 0. The molecule has 1 aromatic carbocycles. The lowest BCUT2D eigenvalue weighted by molar-refractivity contribution is 0.930. The molecule has 0 aliphatic heterocycles. The number of hydrogen-bond donors (Lipinski definition) is 0. The van der Waals surface area contributed by atoms with Gasteiger partial charge in [0.2, 0.25) is 0 Å². The topological polar surface area (TPSA) is 25.8 Å². The summed E-state index contributed by atoms with van der Waals surface area (Å²) in [5.41, 5.74) is 3.59. The van der Waals surface area contributed by atoms with Crippen molar-refractivity contribution < 1.29 is 0 Å². The Bertz CT molecular complexity index is 541. The van der Waals surface area contributed by atoms with Crippen LogP contribution in [0.3, 0.4) is 0 Å². The highest BCUT2D eigenvalue weighted by Gasteiger charge is 2.04. The number of nitrogens with zero attached hydrogens (tertiary/aromatic N) is 2. The predicted molar refractivity (Wildman–Crippen MR) is 85.3 cm³/mol. The first kappa shape index (κ1) is 14.4. The van der Waals surface area contributed by atoms with Crippen molar-refractivity contribution in [3.8, 4) is 11.4 Å². The van der Waals surface area contributed by atoms with Crippen molar-refractivity contribution >= 4 is 5.57 Å². The van der Waals surface area contributed by atoms with E-state index >= 15 is 0 Å². The Morgan fingerprint density at radius 2 is 1.70 bits per heavy atom. The lowest BCUT2D eigenvalue weighted by Crippen LogP contribution is -1.93. The third kappa shape index (κ3) is 3.77. The van der Waals surface area contributed by atoms with E-state index in [1.165, 1.54) is 12.0 Å². The van der Waals surface area contributed by atoms with Crippen LogP contribution in [-0.2, 0) is 0 Å². The highest BCUT2D eigenvalue weighted by Crippen LogP contribution is 2.21. The Hall–Kier alpha value is -1.96. The molecule has 2 rings (SSSR count). The van der Waals surface area contributed by atoms with Gasteiger partial charge >= 0.3 is 0 Å². The Morgan fingerprint density at radius 3 is 2.30 bits per heavy atom. The van der Waals surface area contributed by atoms with Gasteiger partial charge < -0.3 is 0 Å². The molecule has 0 fully saturated rings. The van der Waals surface area contributed by atoms with Crippen LogP contribution in [0.4, 0.5) is 0 Å². The van der Waals surface area contributed by atoms with Crippen molar-refractivity contribution in [2.24, 2.45) is 0 Å². The SMILES string of the molecule is CCC/C=C(\CCC)c1cnc(-c2ccccc2)nc1. The number of unbranched alkanes of at least 4 members (excludes halogenated alkanes) is 1. The fraction of sp³-hybridized carbons (Fsp3) is 0.333. The van der Waals surface area contributed by atoms with Crippen LogP contribution < -0.4 is 0 Å². The largest absolute Gasteiger partial charge is 0.236 e. The Labute approximate surface area is 121 Å². The average Bonchev–Trinajstić information content (AvgIpc) is 2.52. The van der Waals surface area contributed by atoms with Gasteiger partial charge in [0.15, 0.2) is 5.82 Å². The van der Waals surface area contributed by atoms with Crippen LogP contribution in [0.15, 0.2) is 48.8 Å². The van der Waals surface area contributed by atoms with E-state index in [2.05, 4.69) is 29.9 Å². The lowest BCUT2D eigenvalue weighted by atomic mass is 10.0. The maximum absolute atomic E-state index is 4.51. The van der Waals surface area contributed by atoms with Crippen LogP contribution in [0.2, 0.25) is 0 Å². The molecule has 0 N–H and O–H groups in total. The smallest absolute Gasteiger partial charge is 0.159 e. The summed E-state index contributed by atoms with van der Waals surface area (Å²) in [4.78, 5) is 9.02. The first-order valence-electron chi connectivity index (χ1n) is 7.42. The minimum atomic E-state index is 0.792. The van der Waals surface area contributed by atoms with Crippen molar-refractivity contribution in [1.82, 2.24) is 9.97 Å². The molecule has 0 spiro atoms. The lowest BCUT2D eigenvalue weighted by Gasteiger charge is -2.07. The monoisotopic (exact) mass is 266 g/mol. The molecule has 2 heteroatoms. The highest BCUT2D eigenvalue weighted by atomic mass is 14.9. The van der Waals surface area contributed by atoms with Gasteiger partial charge in [0.05, 0.1) is 0 Å². The molecule has 0 radical (unpaired) electrons. The van der Waals surface area contributed by atoms with Gasteiger partial charge in [-0.3, -0.25) is 0 Å². The first-order chi connectivity index (χ1) is 9.85. The van der Waals surface area contributed by atoms with Crippen LogP contribution in [0.5, 0.6) is 0 Å². The molecule has 0 atom stereocenters. The van der Waals surface area contributed by atoms with Crippen LogP contribution in [-0.4, -0.2) is 9.97 Å². The molecule has 0 aliphatic rings. The summed E-state index contributed by atoms with van der Waals surface area (Å²) in [5.74, 6) is 0.792. The van der Waals surface area contributed by atoms with Crippen molar-refractivity contribution in [3.63, 3.8) is 0 Å². The zero-order valence-corrected chi connectivity index (χ0v) is 12.3. The molecule has 1 aromatic heterocycles. The van der Waals surface area contributed by atoms with E-state index in [4.69, 9.17) is 0 Å². The second-order valence-electron chi connectivity index (χ2n) is 4.93. The number of benzene rings is 1. The second-order valence-corrected chi connectivity index (χ2v) is 4.93. The molecule has 0 saturated heterocycles. The van der Waals surface area contributed by atoms with E-state index in [1.54, 1.807) is 0 Å². The van der Waals surface area contributed by atoms with Crippen molar-refractivity contribution in [2.75, 3.05) is 0 Å². The highest BCUT2D eigenvalue weighted by molar-refractivity contribution is 5.65. The second kappa shape index (κ2) is 7.59. The summed E-state index contributed by atoms with van der Waals surface area (Å²) in [7, 11) is 0. The number of allylic oxidation sites excluding steroid dienone is 2. The molecule has 2 nitrogen and oxygen atoms in total. The molecule has 0 bridgehead atoms. The van der Waals surface area contributed by atoms with Gasteiger partial charge in [-0.15, -0.1) is 0 Å². The quantitative estimate of drug-likeness (QED) is 0.724. The molecule has 104 valence electrons. The van der Waals surface area contributed by atoms with E-state index in [0.717, 1.165) is 36.2 Å². The zero-order chi connectivity index (χ0) is 14.2. The third-order valence-electron chi connectivity index (χ3n) is 3.25. The van der Waals surface area contributed by atoms with Crippen molar-refractivity contribution in [1.29, 1.82) is 0 Å². The van der Waals surface area contributed by atoms with E-state index in [1.807, 2.05) is 42.7 Å². The zero-order valence-electron chi connectivity index (χ0n) is 12.3. The Morgan fingerprint density at radius 1 is 1.00 bits per heavy atom. The fourth-order valence-corrected chi connectivity index (χ4v) is 2.18. The fourth-order valence-electron chi connectivity index (χ4n) is 2.18. The average molecular weight is 266 g/mol. The normalized spacial score (nSPS) is 11.6. The summed E-state index contributed by atoms with van der Waals surface area (Å²) < 4.78 is 0. The van der Waals surface area contributed by atoms with E-state index < -0.39 is 0 Å². The van der Waals surface area contributed by atoms with Crippen LogP contribution in [0.25, 0.3) is 17.0 Å². The van der Waals surface area contributed by atoms with Crippen molar-refractivity contribution in [3.05, 3.63) is 54.4 Å². The van der Waals surface area contributed by atoms with Gasteiger partial charge in [0.1, 0.15) is 0 Å². The van der Waals surface area contributed by atoms with Crippen LogP contribution in [0, 0.1) is 0 Å². The first-order valence-corrected chi connectivity index (χ1v) is 7.42. The molecule has 2 aromatic rings. The molecule has 0 aliphatic carbocycles. The predicted octanol–water partition coefficient (Wildman–Crippen LogP) is 5.13. The minimum Gasteiger partial charge on any atom is -0.236 e. The maximum atomic E-state index is 4.51. The number of hydrogen-bond acceptors (Lipinski definition) is 2. The van der Waals surface area contributed by atoms with Gasteiger partial charge in [-0.25, -0.2) is 9.97 Å². The molecule has 0 unspecified atom stereocenters. The summed E-state index contributed by atoms with van der Waals surface area (Å²) in [6.45, 7) is 4.41. The van der Waals surface area contributed by atoms with E-state index in [-0.39, 0.29) is 0 Å². The summed E-state index contributed by atoms with van der Waals surface area (Å²) in [5, 5.41) is 0. The Kier molecular flexibility index (Phi) is 5.48. The number of rotatable bonds is 6. The van der Waals surface area contributed by atoms with E-state index in [9.17, 15) is 0 Å². The molecular weight excluding hydrogens is 244 g/mol. The minimum absolute atomic E-state index is 0.792. The Balaban J connectivity index is 2.22. The maximum Gasteiger partial charge on any atom is 0.159 e. The van der Waals surface area contributed by atoms with Crippen LogP contribution >= 0.6 is 0 Å². The van der Waals surface area contributed by atoms with Gasteiger partial charge in [0.25, 0.3) is 0 Å². The van der Waals surface area contributed by atoms with Gasteiger partial charge in [0, 0.05) is 23.5 Å². The van der Waals surface area contributed by atoms with Gasteiger partial charge in [-0.05, 0) is 18.4 Å². The van der Waals surface area contributed by atoms with Crippen molar-refractivity contribution in [2.45, 2.75) is 39.5 Å². The molecule has 0 amide bonds. The van der Waals surface area contributed by atoms with Gasteiger partial charge in [-0.2, -0.15) is 0 Å². The molecule has 0 saturated carbocycles. The summed E-state index contributed by atoms with van der Waals surface area (Å²) in [6, 6.07) is 10.1. The summed E-state index contributed by atoms with van der Waals surface area (Å²) in [6.07, 6.45) is 10.8. The van der Waals surface area contributed by atoms with Gasteiger partial charge in [-0.1, -0.05) is 63.1 Å². The standard InChI is InChI=1S/C18H22N2/c1-3-5-10-15(9-4-2)17-13-19-18(20-14-17)16-11-7-6-8-12-16/h6-8,10-14H,3-5,9H2,1-2H3/b15-10+. The molecule has 1 heterocycles. The molecule has 20 heavy (non-hydrogen) atoms.